The van der Waals surface area contributed by atoms with Gasteiger partial charge in [-0.05, 0) is 149 Å². The monoisotopic (exact) mass is 1820 g/mol. The second kappa shape index (κ2) is 40.5. The van der Waals surface area contributed by atoms with E-state index in [0.29, 0.717) is 0 Å². The number of hydrogen-bond acceptors (Lipinski definition) is 6. The molecule has 15 aromatic rings. The molecular weight excluding hydrogens is 1750 g/mol. The number of nitrogens with zero attached hydrogens (tertiary/aromatic N) is 6. The molecule has 0 N–H and O–H groups in total. The van der Waals surface area contributed by atoms with E-state index < -0.39 is 0 Å². The molecule has 15 rings (SSSR count). The molecule has 495 valence electrons. The molecule has 0 bridgehead atoms. The third-order valence-electron chi connectivity index (χ3n) is 14.9. The van der Waals surface area contributed by atoms with Crippen LogP contribution in [-0.2, 0) is 60.3 Å². The Kier molecular flexibility index (Phi) is 31.1. The summed E-state index contributed by atoms with van der Waals surface area (Å²) in [5.41, 5.74) is 24.4. The van der Waals surface area contributed by atoms with Gasteiger partial charge in [-0.15, -0.1) is 215 Å². The van der Waals surface area contributed by atoms with Crippen molar-refractivity contribution in [1.29, 1.82) is 0 Å². The van der Waals surface area contributed by atoms with E-state index >= 15 is 0 Å². The molecule has 0 amide bonds. The summed E-state index contributed by atoms with van der Waals surface area (Å²) in [6.45, 7) is 10.1. The van der Waals surface area contributed by atoms with Crippen LogP contribution in [0.4, 0.5) is 4.39 Å². The number of pyridine rings is 6. The van der Waals surface area contributed by atoms with E-state index in [1.165, 1.54) is 56.6 Å². The molecule has 10 heteroatoms. The van der Waals surface area contributed by atoms with Crippen molar-refractivity contribution in [1.82, 2.24) is 29.9 Å². The van der Waals surface area contributed by atoms with Crippen LogP contribution in [0.3, 0.4) is 0 Å². The summed E-state index contributed by atoms with van der Waals surface area (Å²) >= 11 is 0. The summed E-state index contributed by atoms with van der Waals surface area (Å²) in [5.74, 6) is -0.213. The van der Waals surface area contributed by atoms with Crippen molar-refractivity contribution >= 4 is 0 Å². The smallest absolute Gasteiger partial charge is 0.123 e. The van der Waals surface area contributed by atoms with E-state index in [1.54, 1.807) is 6.07 Å². The Bertz CT molecular complexity index is 4490. The predicted octanol–water partition coefficient (Wildman–Crippen LogP) is 22.0. The van der Waals surface area contributed by atoms with E-state index in [2.05, 4.69) is 140 Å². The molecular formula is C89H69FIr3N6-6. The zero-order valence-electron chi connectivity index (χ0n) is 55.2. The molecule has 0 aliphatic carbocycles. The Hall–Kier alpha value is -10.2. The van der Waals surface area contributed by atoms with Crippen LogP contribution in [0.25, 0.3) is 101 Å². The fourth-order valence-electron chi connectivity index (χ4n) is 9.75. The van der Waals surface area contributed by atoms with Crippen LogP contribution < -0.4 is 0 Å². The van der Waals surface area contributed by atoms with Gasteiger partial charge in [0, 0.05) is 97.5 Å². The van der Waals surface area contributed by atoms with E-state index in [0.717, 1.165) is 84.2 Å². The van der Waals surface area contributed by atoms with E-state index in [4.69, 9.17) is 0 Å². The maximum atomic E-state index is 13.1. The van der Waals surface area contributed by atoms with Gasteiger partial charge < -0.3 is 29.9 Å². The molecule has 0 unspecified atom stereocenters. The van der Waals surface area contributed by atoms with Gasteiger partial charge in [0.15, 0.2) is 0 Å². The minimum atomic E-state index is -0.213. The van der Waals surface area contributed by atoms with Gasteiger partial charge in [-0.25, -0.2) is 4.39 Å². The van der Waals surface area contributed by atoms with Crippen LogP contribution in [0.15, 0.2) is 328 Å². The van der Waals surface area contributed by atoms with Crippen molar-refractivity contribution in [2.75, 3.05) is 0 Å². The summed E-state index contributed by atoms with van der Waals surface area (Å²) in [4.78, 5) is 26.2. The second-order valence-electron chi connectivity index (χ2n) is 22.3. The Balaban J connectivity index is 0.000000168. The van der Waals surface area contributed by atoms with Crippen molar-refractivity contribution < 1.29 is 64.7 Å². The SMILES string of the molecule is Cc1cc(F)ccc1-c1ccc(-c2[c-]cccc2)nc1.Cc1ccc(-c2[c-]cccc2)nc1.Cc1ccc(-c2[c-]cccc2)nc1.Cc1ccc(-c2[c-]cccc2)nc1.Cc1ccc(-c2ccnc(-c3[c-]cccc3)c2)cc1.[Ir].[Ir].[Ir].[c-]1ccccc1-c1cc(-c2ccccc2)ccn1. The average Bonchev–Trinajstić information content (AvgIpc) is 1.08. The van der Waals surface area contributed by atoms with Gasteiger partial charge in [-0.3, -0.25) is 0 Å². The van der Waals surface area contributed by atoms with Crippen LogP contribution in [0.1, 0.15) is 27.8 Å². The van der Waals surface area contributed by atoms with E-state index in [9.17, 15) is 4.39 Å². The average molecular weight is 1820 g/mol. The maximum Gasteiger partial charge on any atom is 0.123 e. The molecule has 0 aliphatic heterocycles. The molecule has 6 nitrogen and oxygen atoms in total. The van der Waals surface area contributed by atoms with Gasteiger partial charge in [-0.2, -0.15) is 0 Å². The van der Waals surface area contributed by atoms with Gasteiger partial charge in [-0.1, -0.05) is 127 Å². The topological polar surface area (TPSA) is 77.3 Å². The first-order chi connectivity index (χ1) is 47.1. The third-order valence-corrected chi connectivity index (χ3v) is 14.9. The molecule has 0 saturated carbocycles. The Morgan fingerprint density at radius 2 is 0.556 bits per heavy atom. The molecule has 0 atom stereocenters. The second-order valence-corrected chi connectivity index (χ2v) is 22.3. The fraction of sp³-hybridized carbons (Fsp3) is 0.0562. The number of benzene rings is 9. The van der Waals surface area contributed by atoms with Gasteiger partial charge >= 0.3 is 0 Å². The van der Waals surface area contributed by atoms with Crippen molar-refractivity contribution in [2.45, 2.75) is 34.6 Å². The Morgan fingerprint density at radius 3 is 0.869 bits per heavy atom. The molecule has 0 aliphatic rings. The van der Waals surface area contributed by atoms with Gasteiger partial charge in [0.2, 0.25) is 0 Å². The minimum absolute atomic E-state index is 0. The number of hydrogen-bond donors (Lipinski definition) is 0. The first-order valence-corrected chi connectivity index (χ1v) is 31.5. The standard InChI is InChI=1S/C18H13FN.C18H14N.C17H12N.3C12H10N.3Ir/c1-13-11-16(19)8-9-17(13)15-7-10-18(20-12-15)14-5-3-2-4-6-14;1-14-7-9-15(10-8-14)17-11-12-19-18(13-17)16-5-3-2-4-6-16;1-3-7-14(8-4-1)16-11-12-18-17(13-16)15-9-5-2-6-10-15;3*1-10-7-8-12(13-9-10)11-5-3-2-4-6-11;;;/h2-5,7-12H,1H3;2-5,7-13H,1H3;1-9,11-13H;3*2-5,7-9H,1H3;;;/q6*-1;;;. The summed E-state index contributed by atoms with van der Waals surface area (Å²) in [5, 5.41) is 0. The molecule has 99 heavy (non-hydrogen) atoms. The molecule has 3 radical (unpaired) electrons. The number of halogens is 1. The zero-order chi connectivity index (χ0) is 66.5. The molecule has 0 saturated heterocycles. The van der Waals surface area contributed by atoms with E-state index in [1.807, 2.05) is 271 Å². The van der Waals surface area contributed by atoms with E-state index in [-0.39, 0.29) is 66.1 Å². The van der Waals surface area contributed by atoms with Gasteiger partial charge in [0.1, 0.15) is 5.82 Å². The van der Waals surface area contributed by atoms with Crippen molar-refractivity contribution in [3.05, 3.63) is 398 Å². The summed E-state index contributed by atoms with van der Waals surface area (Å²) in [6, 6.07) is 114. The molecule has 0 spiro atoms. The van der Waals surface area contributed by atoms with Gasteiger partial charge in [0.05, 0.1) is 0 Å². The largest absolute Gasteiger partial charge is 0.305 e. The van der Waals surface area contributed by atoms with Crippen LogP contribution in [0, 0.1) is 76.8 Å². The van der Waals surface area contributed by atoms with Crippen molar-refractivity contribution in [3.63, 3.8) is 0 Å². The fourth-order valence-corrected chi connectivity index (χ4v) is 9.75. The first kappa shape index (κ1) is 76.1. The zero-order valence-corrected chi connectivity index (χ0v) is 62.4. The molecule has 9 aromatic carbocycles. The third kappa shape index (κ3) is 23.8. The summed E-state index contributed by atoms with van der Waals surface area (Å²) in [6.07, 6.45) is 11.1. The summed E-state index contributed by atoms with van der Waals surface area (Å²) < 4.78 is 13.1. The van der Waals surface area contributed by atoms with Crippen molar-refractivity contribution in [3.8, 4) is 101 Å². The first-order valence-electron chi connectivity index (χ1n) is 31.5. The maximum absolute atomic E-state index is 13.1. The predicted molar refractivity (Wildman–Crippen MR) is 391 cm³/mol. The van der Waals surface area contributed by atoms with Crippen molar-refractivity contribution in [2.24, 2.45) is 0 Å². The normalized spacial score (nSPS) is 9.88. The number of rotatable bonds is 9. The van der Waals surface area contributed by atoms with Crippen LogP contribution in [0.5, 0.6) is 0 Å². The molecule has 6 heterocycles. The van der Waals surface area contributed by atoms with Gasteiger partial charge in [0.25, 0.3) is 0 Å². The Labute approximate surface area is 623 Å². The molecule has 0 fully saturated rings. The quantitative estimate of drug-likeness (QED) is 0.134. The Morgan fingerprint density at radius 1 is 0.242 bits per heavy atom. The van der Waals surface area contributed by atoms with Crippen LogP contribution >= 0.6 is 0 Å². The van der Waals surface area contributed by atoms with Crippen LogP contribution in [-0.4, -0.2) is 29.9 Å². The van der Waals surface area contributed by atoms with Crippen LogP contribution in [0.2, 0.25) is 0 Å². The minimum Gasteiger partial charge on any atom is -0.305 e. The summed E-state index contributed by atoms with van der Waals surface area (Å²) in [7, 11) is 0. The molecule has 6 aromatic heterocycles. The number of aromatic nitrogens is 6. The number of aryl methyl sites for hydroxylation is 5.